The Morgan fingerprint density at radius 2 is 2.33 bits per heavy atom. The molecular weight excluding hydrogens is 274 g/mol. The highest BCUT2D eigenvalue weighted by molar-refractivity contribution is 7.15. The van der Waals surface area contributed by atoms with Gasteiger partial charge in [0, 0.05) is 23.7 Å². The number of halogens is 1. The molecule has 0 saturated heterocycles. The summed E-state index contributed by atoms with van der Waals surface area (Å²) >= 11 is 1.47. The summed E-state index contributed by atoms with van der Waals surface area (Å²) in [6.07, 6.45) is 2.17. The molecule has 0 radical (unpaired) electrons. The molecule has 0 bridgehead atoms. The molecule has 1 aromatic heterocycles. The molecule has 18 heavy (non-hydrogen) atoms. The lowest BCUT2D eigenvalue weighted by Crippen LogP contribution is -2.31. The average molecular weight is 294 g/mol. The van der Waals surface area contributed by atoms with Crippen LogP contribution in [0.5, 0.6) is 0 Å². The van der Waals surface area contributed by atoms with Crippen molar-refractivity contribution in [2.75, 3.05) is 19.4 Å². The largest absolute Gasteiger partial charge is 0.466 e. The fourth-order valence-electron chi connectivity index (χ4n) is 1.41. The summed E-state index contributed by atoms with van der Waals surface area (Å²) < 4.78 is 4.92. The Labute approximate surface area is 118 Å². The van der Waals surface area contributed by atoms with E-state index in [1.165, 1.54) is 11.3 Å². The van der Waals surface area contributed by atoms with E-state index in [9.17, 15) is 4.79 Å². The Balaban J connectivity index is 0.00000289. The maximum atomic E-state index is 11.3. The van der Waals surface area contributed by atoms with Gasteiger partial charge in [-0.3, -0.25) is 9.69 Å². The van der Waals surface area contributed by atoms with E-state index in [0.29, 0.717) is 18.2 Å². The van der Waals surface area contributed by atoms with E-state index in [0.717, 1.165) is 11.4 Å². The molecule has 5 nitrogen and oxygen atoms in total. The molecule has 1 rings (SSSR count). The summed E-state index contributed by atoms with van der Waals surface area (Å²) in [5.74, 6) is -0.157. The first kappa shape index (κ1) is 17.2. The number of carbonyl (C=O) groups is 1. The van der Waals surface area contributed by atoms with Crippen molar-refractivity contribution in [1.29, 1.82) is 0 Å². The van der Waals surface area contributed by atoms with Crippen LogP contribution in [0.3, 0.4) is 0 Å². The topological polar surface area (TPSA) is 68.5 Å². The van der Waals surface area contributed by atoms with Crippen LogP contribution in [0.4, 0.5) is 5.13 Å². The van der Waals surface area contributed by atoms with Crippen molar-refractivity contribution in [2.45, 2.75) is 32.9 Å². The summed E-state index contributed by atoms with van der Waals surface area (Å²) in [6.45, 7) is 4.99. The van der Waals surface area contributed by atoms with Gasteiger partial charge in [-0.25, -0.2) is 4.98 Å². The molecule has 0 saturated carbocycles. The molecule has 7 heteroatoms. The standard InChI is InChI=1S/C11H19N3O2S.ClH/c1-4-16-10(15)5-8(2)14(3)7-9-6-13-11(12)17-9;/h6,8H,4-5,7H2,1-3H3,(H2,12,13);1H. The van der Waals surface area contributed by atoms with Crippen molar-refractivity contribution in [2.24, 2.45) is 0 Å². The van der Waals surface area contributed by atoms with Gasteiger partial charge in [0.25, 0.3) is 0 Å². The average Bonchev–Trinajstić information content (AvgIpc) is 2.64. The smallest absolute Gasteiger partial charge is 0.307 e. The highest BCUT2D eigenvalue weighted by atomic mass is 35.5. The van der Waals surface area contributed by atoms with Gasteiger partial charge in [0.1, 0.15) is 0 Å². The van der Waals surface area contributed by atoms with E-state index in [1.54, 1.807) is 6.20 Å². The van der Waals surface area contributed by atoms with Gasteiger partial charge in [0.15, 0.2) is 5.13 Å². The van der Waals surface area contributed by atoms with Gasteiger partial charge in [-0.2, -0.15) is 0 Å². The fraction of sp³-hybridized carbons (Fsp3) is 0.636. The van der Waals surface area contributed by atoms with Gasteiger partial charge in [0.05, 0.1) is 13.0 Å². The minimum atomic E-state index is -0.157. The number of rotatable bonds is 6. The first-order chi connectivity index (χ1) is 8.02. The third-order valence-corrected chi connectivity index (χ3v) is 3.31. The predicted molar refractivity (Wildman–Crippen MR) is 76.0 cm³/mol. The number of thiazole rings is 1. The molecule has 104 valence electrons. The minimum Gasteiger partial charge on any atom is -0.466 e. The fourth-order valence-corrected chi connectivity index (χ4v) is 2.16. The number of hydrogen-bond acceptors (Lipinski definition) is 6. The van der Waals surface area contributed by atoms with Crippen molar-refractivity contribution in [3.63, 3.8) is 0 Å². The third-order valence-electron chi connectivity index (χ3n) is 2.50. The summed E-state index contributed by atoms with van der Waals surface area (Å²) in [4.78, 5) is 18.5. The van der Waals surface area contributed by atoms with Crippen molar-refractivity contribution in [1.82, 2.24) is 9.88 Å². The molecule has 2 N–H and O–H groups in total. The number of nitrogen functional groups attached to an aromatic ring is 1. The number of ether oxygens (including phenoxy) is 1. The highest BCUT2D eigenvalue weighted by Crippen LogP contribution is 2.17. The van der Waals surface area contributed by atoms with Gasteiger partial charge in [-0.1, -0.05) is 0 Å². The Hall–Kier alpha value is -0.850. The second-order valence-electron chi connectivity index (χ2n) is 3.94. The van der Waals surface area contributed by atoms with Crippen molar-refractivity contribution < 1.29 is 9.53 Å². The van der Waals surface area contributed by atoms with Crippen LogP contribution < -0.4 is 5.73 Å². The molecule has 0 aliphatic rings. The molecule has 0 spiro atoms. The first-order valence-corrected chi connectivity index (χ1v) is 6.40. The number of nitrogens with two attached hydrogens (primary N) is 1. The zero-order chi connectivity index (χ0) is 12.8. The van der Waals surface area contributed by atoms with Crippen LogP contribution in [0.25, 0.3) is 0 Å². The summed E-state index contributed by atoms with van der Waals surface area (Å²) in [5, 5.41) is 0.575. The Morgan fingerprint density at radius 1 is 1.67 bits per heavy atom. The van der Waals surface area contributed by atoms with E-state index in [2.05, 4.69) is 9.88 Å². The summed E-state index contributed by atoms with van der Waals surface area (Å²) in [7, 11) is 1.97. The Morgan fingerprint density at radius 3 is 2.83 bits per heavy atom. The summed E-state index contributed by atoms with van der Waals surface area (Å²) in [5.41, 5.74) is 5.57. The molecule has 1 heterocycles. The highest BCUT2D eigenvalue weighted by Gasteiger charge is 2.15. The Bertz CT molecular complexity index is 373. The predicted octanol–water partition coefficient (Wildman–Crippen LogP) is 1.92. The first-order valence-electron chi connectivity index (χ1n) is 5.59. The van der Waals surface area contributed by atoms with Crippen LogP contribution in [0, 0.1) is 0 Å². The number of carbonyl (C=O) groups excluding carboxylic acids is 1. The van der Waals surface area contributed by atoms with Crippen molar-refractivity contribution in [3.8, 4) is 0 Å². The molecule has 0 aliphatic heterocycles. The van der Waals surface area contributed by atoms with Crippen LogP contribution in [-0.4, -0.2) is 35.5 Å². The number of nitrogens with zero attached hydrogens (tertiary/aromatic N) is 2. The van der Waals surface area contributed by atoms with E-state index >= 15 is 0 Å². The molecule has 1 aromatic rings. The van der Waals surface area contributed by atoms with Gasteiger partial charge in [-0.05, 0) is 20.9 Å². The van der Waals surface area contributed by atoms with Crippen LogP contribution in [0.1, 0.15) is 25.1 Å². The molecule has 1 unspecified atom stereocenters. The number of anilines is 1. The van der Waals surface area contributed by atoms with Crippen LogP contribution in [-0.2, 0) is 16.1 Å². The number of hydrogen-bond donors (Lipinski definition) is 1. The lowest BCUT2D eigenvalue weighted by Gasteiger charge is -2.22. The van der Waals surface area contributed by atoms with E-state index in [4.69, 9.17) is 10.5 Å². The monoisotopic (exact) mass is 293 g/mol. The maximum absolute atomic E-state index is 11.3. The van der Waals surface area contributed by atoms with Crippen molar-refractivity contribution >= 4 is 34.8 Å². The molecule has 0 amide bonds. The maximum Gasteiger partial charge on any atom is 0.307 e. The van der Waals surface area contributed by atoms with E-state index in [-0.39, 0.29) is 24.4 Å². The SMILES string of the molecule is CCOC(=O)CC(C)N(C)Cc1cnc(N)s1.Cl. The molecule has 0 aliphatic carbocycles. The number of aromatic nitrogens is 1. The molecule has 0 aromatic carbocycles. The minimum absolute atomic E-state index is 0. The van der Waals surface area contributed by atoms with Gasteiger partial charge >= 0.3 is 5.97 Å². The van der Waals surface area contributed by atoms with Crippen molar-refractivity contribution in [3.05, 3.63) is 11.1 Å². The number of esters is 1. The molecule has 0 fully saturated rings. The lowest BCUT2D eigenvalue weighted by molar-refractivity contribution is -0.144. The Kier molecular flexibility index (Phi) is 7.90. The molecular formula is C11H20ClN3O2S. The van der Waals surface area contributed by atoms with Crippen LogP contribution in [0.2, 0.25) is 0 Å². The van der Waals surface area contributed by atoms with E-state index < -0.39 is 0 Å². The summed E-state index contributed by atoms with van der Waals surface area (Å²) in [6, 6.07) is 0.136. The zero-order valence-corrected chi connectivity index (χ0v) is 12.5. The zero-order valence-electron chi connectivity index (χ0n) is 10.9. The van der Waals surface area contributed by atoms with Gasteiger partial charge in [-0.15, -0.1) is 23.7 Å². The van der Waals surface area contributed by atoms with Gasteiger partial charge in [0.2, 0.25) is 0 Å². The third kappa shape index (κ3) is 5.66. The second kappa shape index (κ2) is 8.29. The normalized spacial score (nSPS) is 12.0. The van der Waals surface area contributed by atoms with E-state index in [1.807, 2.05) is 20.9 Å². The van der Waals surface area contributed by atoms with Gasteiger partial charge < -0.3 is 10.5 Å². The van der Waals surface area contributed by atoms with Crippen LogP contribution >= 0.6 is 23.7 Å². The lowest BCUT2D eigenvalue weighted by atomic mass is 10.2. The van der Waals surface area contributed by atoms with Crippen LogP contribution in [0.15, 0.2) is 6.20 Å². The molecule has 1 atom stereocenters. The quantitative estimate of drug-likeness (QED) is 0.812. The second-order valence-corrected chi connectivity index (χ2v) is 5.08.